The Hall–Kier alpha value is -0.940. The van der Waals surface area contributed by atoms with E-state index in [0.717, 1.165) is 22.8 Å². The van der Waals surface area contributed by atoms with Crippen LogP contribution in [0.4, 0.5) is 0 Å². The van der Waals surface area contributed by atoms with Crippen LogP contribution in [0.15, 0.2) is 21.6 Å². The summed E-state index contributed by atoms with van der Waals surface area (Å²) in [6.07, 6.45) is 3.78. The zero-order chi connectivity index (χ0) is 15.2. The number of nitrogens with one attached hydrogen (secondary N) is 1. The van der Waals surface area contributed by atoms with Crippen molar-refractivity contribution in [3.8, 4) is 0 Å². The van der Waals surface area contributed by atoms with Gasteiger partial charge in [0.25, 0.3) is 0 Å². The average Bonchev–Trinajstić information content (AvgIpc) is 2.78. The third-order valence-electron chi connectivity index (χ3n) is 3.39. The van der Waals surface area contributed by atoms with Gasteiger partial charge in [-0.05, 0) is 51.9 Å². The van der Waals surface area contributed by atoms with Crippen molar-refractivity contribution in [3.63, 3.8) is 0 Å². The van der Waals surface area contributed by atoms with Crippen molar-refractivity contribution in [2.75, 3.05) is 5.75 Å². The van der Waals surface area contributed by atoms with Crippen LogP contribution in [-0.4, -0.2) is 28.4 Å². The predicted octanol–water partition coefficient (Wildman–Crippen LogP) is 3.69. The van der Waals surface area contributed by atoms with E-state index in [1.807, 2.05) is 33.8 Å². The molecule has 1 rings (SSSR count). The molecular weight excluding hydrogens is 274 g/mol. The second-order valence-corrected chi connectivity index (χ2v) is 6.47. The van der Waals surface area contributed by atoms with Crippen molar-refractivity contribution in [3.05, 3.63) is 18.1 Å². The molecule has 0 saturated carbocycles. The summed E-state index contributed by atoms with van der Waals surface area (Å²) in [6, 6.07) is 2.12. The normalized spacial score (nSPS) is 14.4. The van der Waals surface area contributed by atoms with Crippen LogP contribution >= 0.6 is 11.8 Å². The number of carbonyl (C=O) groups is 1. The van der Waals surface area contributed by atoms with Gasteiger partial charge in [-0.1, -0.05) is 6.92 Å². The number of hydrogen-bond acceptors (Lipinski definition) is 4. The lowest BCUT2D eigenvalue weighted by Crippen LogP contribution is -2.54. The SMILES string of the molecule is CCC(CCCSc1ccoc1C)(NC(C)C)C(=O)O. The summed E-state index contributed by atoms with van der Waals surface area (Å²) in [6.45, 7) is 7.83. The Labute approximate surface area is 125 Å². The Kier molecular flexibility index (Phi) is 6.62. The second-order valence-electron chi connectivity index (χ2n) is 5.33. The summed E-state index contributed by atoms with van der Waals surface area (Å²) < 4.78 is 5.25. The molecule has 1 heterocycles. The van der Waals surface area contributed by atoms with E-state index in [-0.39, 0.29) is 6.04 Å². The number of hydrogen-bond donors (Lipinski definition) is 2. The highest BCUT2D eigenvalue weighted by Gasteiger charge is 2.36. The molecule has 1 atom stereocenters. The zero-order valence-electron chi connectivity index (χ0n) is 12.7. The highest BCUT2D eigenvalue weighted by molar-refractivity contribution is 7.99. The molecule has 20 heavy (non-hydrogen) atoms. The van der Waals surface area contributed by atoms with Gasteiger partial charge in [-0.25, -0.2) is 0 Å². The molecular formula is C15H25NO3S. The molecule has 0 saturated heterocycles. The standard InChI is InChI=1S/C15H25NO3S/c1-5-15(14(17)18,16-11(2)3)8-6-10-20-13-7-9-19-12(13)4/h7,9,11,16H,5-6,8,10H2,1-4H3,(H,17,18). The van der Waals surface area contributed by atoms with Crippen LogP contribution in [0.5, 0.6) is 0 Å². The smallest absolute Gasteiger partial charge is 0.323 e. The number of furan rings is 1. The summed E-state index contributed by atoms with van der Waals surface area (Å²) in [5, 5.41) is 12.7. The summed E-state index contributed by atoms with van der Waals surface area (Å²) in [5.74, 6) is 1.07. The molecule has 4 nitrogen and oxygen atoms in total. The van der Waals surface area contributed by atoms with Gasteiger partial charge >= 0.3 is 5.97 Å². The van der Waals surface area contributed by atoms with Crippen molar-refractivity contribution < 1.29 is 14.3 Å². The van der Waals surface area contributed by atoms with Gasteiger partial charge in [0.15, 0.2) is 0 Å². The predicted molar refractivity (Wildman–Crippen MR) is 82.3 cm³/mol. The first-order valence-corrected chi connectivity index (χ1v) is 8.08. The molecule has 0 aromatic carbocycles. The quantitative estimate of drug-likeness (QED) is 0.538. The number of rotatable bonds is 9. The molecule has 0 fully saturated rings. The first-order valence-electron chi connectivity index (χ1n) is 7.09. The van der Waals surface area contributed by atoms with Gasteiger partial charge in [-0.2, -0.15) is 0 Å². The topological polar surface area (TPSA) is 62.5 Å². The molecule has 0 aliphatic rings. The minimum atomic E-state index is -0.805. The van der Waals surface area contributed by atoms with Gasteiger partial charge in [-0.15, -0.1) is 11.8 Å². The second kappa shape index (κ2) is 7.74. The van der Waals surface area contributed by atoms with Crippen molar-refractivity contribution in [2.45, 2.75) is 63.4 Å². The van der Waals surface area contributed by atoms with Crippen LogP contribution in [0.25, 0.3) is 0 Å². The molecule has 0 bridgehead atoms. The third-order valence-corrected chi connectivity index (χ3v) is 4.62. The average molecular weight is 299 g/mol. The summed E-state index contributed by atoms with van der Waals surface area (Å²) in [7, 11) is 0. The molecule has 0 amide bonds. The number of carboxylic acids is 1. The lowest BCUT2D eigenvalue weighted by atomic mass is 9.90. The lowest BCUT2D eigenvalue weighted by molar-refractivity contribution is -0.145. The molecule has 114 valence electrons. The van der Waals surface area contributed by atoms with Crippen molar-refractivity contribution in [2.24, 2.45) is 0 Å². The Bertz CT molecular complexity index is 431. The minimum Gasteiger partial charge on any atom is -0.480 e. The van der Waals surface area contributed by atoms with Gasteiger partial charge in [-0.3, -0.25) is 10.1 Å². The summed E-state index contributed by atoms with van der Waals surface area (Å²) in [5.41, 5.74) is -0.805. The van der Waals surface area contributed by atoms with E-state index in [0.29, 0.717) is 12.8 Å². The zero-order valence-corrected chi connectivity index (χ0v) is 13.5. The highest BCUT2D eigenvalue weighted by Crippen LogP contribution is 2.26. The Morgan fingerprint density at radius 3 is 2.70 bits per heavy atom. The van der Waals surface area contributed by atoms with Crippen molar-refractivity contribution in [1.29, 1.82) is 0 Å². The molecule has 2 N–H and O–H groups in total. The van der Waals surface area contributed by atoms with Crippen LogP contribution < -0.4 is 5.32 Å². The van der Waals surface area contributed by atoms with Crippen LogP contribution in [0.2, 0.25) is 0 Å². The first-order chi connectivity index (χ1) is 9.41. The van der Waals surface area contributed by atoms with Crippen LogP contribution in [0.1, 0.15) is 45.8 Å². The van der Waals surface area contributed by atoms with E-state index in [9.17, 15) is 9.90 Å². The molecule has 5 heteroatoms. The fourth-order valence-electron chi connectivity index (χ4n) is 2.30. The van der Waals surface area contributed by atoms with Crippen LogP contribution in [0.3, 0.4) is 0 Å². The van der Waals surface area contributed by atoms with E-state index >= 15 is 0 Å². The summed E-state index contributed by atoms with van der Waals surface area (Å²) in [4.78, 5) is 12.7. The van der Waals surface area contributed by atoms with Gasteiger partial charge < -0.3 is 9.52 Å². The molecule has 0 radical (unpaired) electrons. The number of aryl methyl sites for hydroxylation is 1. The van der Waals surface area contributed by atoms with E-state index in [1.54, 1.807) is 18.0 Å². The molecule has 0 spiro atoms. The number of aliphatic carboxylic acids is 1. The molecule has 1 unspecified atom stereocenters. The number of carboxylic acid groups (broad SMARTS) is 1. The lowest BCUT2D eigenvalue weighted by Gasteiger charge is -2.31. The summed E-state index contributed by atoms with van der Waals surface area (Å²) >= 11 is 1.72. The third kappa shape index (κ3) is 4.56. The fourth-order valence-corrected chi connectivity index (χ4v) is 3.21. The maximum atomic E-state index is 11.6. The van der Waals surface area contributed by atoms with Crippen molar-refractivity contribution >= 4 is 17.7 Å². The minimum absolute atomic E-state index is 0.162. The van der Waals surface area contributed by atoms with Gasteiger partial charge in [0.1, 0.15) is 11.3 Å². The first kappa shape index (κ1) is 17.1. The van der Waals surface area contributed by atoms with E-state index in [2.05, 4.69) is 5.32 Å². The molecule has 0 aliphatic carbocycles. The van der Waals surface area contributed by atoms with Gasteiger partial charge in [0.2, 0.25) is 0 Å². The highest BCUT2D eigenvalue weighted by atomic mass is 32.2. The largest absolute Gasteiger partial charge is 0.480 e. The maximum absolute atomic E-state index is 11.6. The van der Waals surface area contributed by atoms with Crippen molar-refractivity contribution in [1.82, 2.24) is 5.32 Å². The van der Waals surface area contributed by atoms with E-state index in [4.69, 9.17) is 4.42 Å². The monoisotopic (exact) mass is 299 g/mol. The van der Waals surface area contributed by atoms with E-state index in [1.165, 1.54) is 0 Å². The Morgan fingerprint density at radius 1 is 1.55 bits per heavy atom. The Morgan fingerprint density at radius 2 is 2.25 bits per heavy atom. The molecule has 1 aromatic rings. The maximum Gasteiger partial charge on any atom is 0.323 e. The van der Waals surface area contributed by atoms with Crippen LogP contribution in [-0.2, 0) is 4.79 Å². The van der Waals surface area contributed by atoms with E-state index < -0.39 is 11.5 Å². The molecule has 1 aromatic heterocycles. The van der Waals surface area contributed by atoms with Gasteiger partial charge in [0.05, 0.1) is 6.26 Å². The number of thioether (sulfide) groups is 1. The fraction of sp³-hybridized carbons (Fsp3) is 0.667. The molecule has 0 aliphatic heterocycles. The van der Waals surface area contributed by atoms with Crippen LogP contribution in [0, 0.1) is 6.92 Å². The Balaban J connectivity index is 2.50. The van der Waals surface area contributed by atoms with Gasteiger partial charge in [0, 0.05) is 10.9 Å².